The van der Waals surface area contributed by atoms with E-state index in [4.69, 9.17) is 5.26 Å². The first kappa shape index (κ1) is 24.1. The minimum atomic E-state index is -3.73. The zero-order valence-electron chi connectivity index (χ0n) is 19.6. The van der Waals surface area contributed by atoms with Gasteiger partial charge in [-0.25, -0.2) is 0 Å². The van der Waals surface area contributed by atoms with Crippen LogP contribution in [0.15, 0.2) is 53.5 Å². The second kappa shape index (κ2) is 8.81. The number of pyridine rings is 2. The average Bonchev–Trinajstić information content (AvgIpc) is 3.59. The molecule has 3 heterocycles. The van der Waals surface area contributed by atoms with Crippen LogP contribution >= 0.6 is 0 Å². The van der Waals surface area contributed by atoms with E-state index in [1.807, 2.05) is 18.3 Å². The molecule has 188 valence electrons. The Morgan fingerprint density at radius 2 is 1.89 bits per heavy atom. The van der Waals surface area contributed by atoms with Crippen LogP contribution < -0.4 is 20.3 Å². The highest BCUT2D eigenvalue weighted by atomic mass is 19.3. The number of carbonyl (C=O) groups is 2. The number of nitrogens with one attached hydrogen (secondary N) is 1. The van der Waals surface area contributed by atoms with Gasteiger partial charge in [-0.15, -0.1) is 8.78 Å². The monoisotopic (exact) mass is 506 g/mol. The van der Waals surface area contributed by atoms with Crippen LogP contribution in [-0.2, 0) is 28.0 Å². The number of amides is 1. The lowest BCUT2D eigenvalue weighted by Gasteiger charge is -2.16. The molecule has 1 aliphatic heterocycles. The van der Waals surface area contributed by atoms with Crippen molar-refractivity contribution in [2.24, 2.45) is 0 Å². The third-order valence-corrected chi connectivity index (χ3v) is 6.50. The van der Waals surface area contributed by atoms with Crippen LogP contribution in [0.5, 0.6) is 11.5 Å². The summed E-state index contributed by atoms with van der Waals surface area (Å²) in [5.41, 5.74) is 1.77. The molecule has 11 heteroatoms. The molecule has 9 nitrogen and oxygen atoms in total. The van der Waals surface area contributed by atoms with E-state index in [-0.39, 0.29) is 30.2 Å². The molecule has 1 fully saturated rings. The molecule has 37 heavy (non-hydrogen) atoms. The van der Waals surface area contributed by atoms with Gasteiger partial charge < -0.3 is 14.0 Å². The summed E-state index contributed by atoms with van der Waals surface area (Å²) in [5, 5.41) is 10.6. The Hall–Kier alpha value is -4.59. The topological polar surface area (TPSA) is 123 Å². The summed E-state index contributed by atoms with van der Waals surface area (Å²) in [6.45, 7) is 1.50. The number of benzene rings is 1. The lowest BCUT2D eigenvalue weighted by Crippen LogP contribution is -2.29. The highest BCUT2D eigenvalue weighted by molar-refractivity contribution is 5.94. The smallest absolute Gasteiger partial charge is 0.395 e. The number of nitriles is 1. The van der Waals surface area contributed by atoms with E-state index in [9.17, 15) is 23.2 Å². The Bertz CT molecular complexity index is 1540. The molecule has 0 unspecified atom stereocenters. The summed E-state index contributed by atoms with van der Waals surface area (Å²) < 4.78 is 37.0. The van der Waals surface area contributed by atoms with E-state index in [0.29, 0.717) is 35.4 Å². The predicted octanol–water partition coefficient (Wildman–Crippen LogP) is 2.98. The Morgan fingerprint density at radius 3 is 2.62 bits per heavy atom. The van der Waals surface area contributed by atoms with Gasteiger partial charge in [-0.1, -0.05) is 12.1 Å². The Kier molecular flexibility index (Phi) is 5.75. The number of aryl methyl sites for hydroxylation is 1. The fourth-order valence-corrected chi connectivity index (χ4v) is 4.45. The van der Waals surface area contributed by atoms with Gasteiger partial charge in [0.25, 0.3) is 11.5 Å². The third-order valence-electron chi connectivity index (χ3n) is 6.50. The molecule has 0 bridgehead atoms. The van der Waals surface area contributed by atoms with Gasteiger partial charge in [-0.3, -0.25) is 24.7 Å². The minimum absolute atomic E-state index is 0.0160. The van der Waals surface area contributed by atoms with Crippen LogP contribution in [0.25, 0.3) is 11.3 Å². The number of hydrogen-bond acceptors (Lipinski definition) is 7. The third kappa shape index (κ3) is 4.65. The molecular formula is C26H20F2N4O5. The maximum Gasteiger partial charge on any atom is 0.586 e. The maximum atomic E-state index is 13.4. The maximum absolute atomic E-state index is 13.4. The Morgan fingerprint density at radius 1 is 1.14 bits per heavy atom. The van der Waals surface area contributed by atoms with Crippen LogP contribution in [0.2, 0.25) is 0 Å². The summed E-state index contributed by atoms with van der Waals surface area (Å²) in [6, 6.07) is 10.8. The molecule has 5 rings (SSSR count). The molecule has 1 aliphatic carbocycles. The summed E-state index contributed by atoms with van der Waals surface area (Å²) in [5.74, 6) is -0.907. The first-order chi connectivity index (χ1) is 17.6. The molecule has 1 saturated carbocycles. The molecule has 2 aromatic heterocycles. The molecule has 3 aromatic rings. The fraction of sp³-hybridized carbons (Fsp3) is 0.269. The summed E-state index contributed by atoms with van der Waals surface area (Å²) in [6.07, 6.45) is 0.450. The van der Waals surface area contributed by atoms with Crippen molar-refractivity contribution in [3.8, 4) is 28.9 Å². The van der Waals surface area contributed by atoms with Crippen LogP contribution in [-0.4, -0.2) is 27.5 Å². The van der Waals surface area contributed by atoms with Gasteiger partial charge in [0.15, 0.2) is 17.7 Å². The number of aromatic nitrogens is 2. The largest absolute Gasteiger partial charge is 0.586 e. The minimum Gasteiger partial charge on any atom is -0.395 e. The van der Waals surface area contributed by atoms with Crippen molar-refractivity contribution < 1.29 is 27.8 Å². The van der Waals surface area contributed by atoms with E-state index < -0.39 is 23.2 Å². The van der Waals surface area contributed by atoms with Crippen molar-refractivity contribution in [1.82, 2.24) is 14.9 Å². The van der Waals surface area contributed by atoms with E-state index in [1.54, 1.807) is 18.2 Å². The second-order valence-corrected chi connectivity index (χ2v) is 9.02. The zero-order chi connectivity index (χ0) is 26.4. The molecule has 0 spiro atoms. The first-order valence-electron chi connectivity index (χ1n) is 11.4. The Balaban J connectivity index is 1.39. The summed E-state index contributed by atoms with van der Waals surface area (Å²) >= 11 is 0. The lowest BCUT2D eigenvalue weighted by molar-refractivity contribution is -0.286. The molecule has 1 N–H and O–H groups in total. The van der Waals surface area contributed by atoms with Crippen molar-refractivity contribution in [1.29, 1.82) is 5.26 Å². The van der Waals surface area contributed by atoms with Crippen molar-refractivity contribution in [2.45, 2.75) is 44.4 Å². The molecule has 0 radical (unpaired) electrons. The Labute approximate surface area is 209 Å². The van der Waals surface area contributed by atoms with Gasteiger partial charge in [0, 0.05) is 29.9 Å². The van der Waals surface area contributed by atoms with Gasteiger partial charge in [-0.05, 0) is 55.2 Å². The molecule has 0 atom stereocenters. The van der Waals surface area contributed by atoms with Gasteiger partial charge in [0.05, 0.1) is 11.1 Å². The number of halogens is 2. The normalized spacial score (nSPS) is 16.1. The fourth-order valence-electron chi connectivity index (χ4n) is 4.45. The lowest BCUT2D eigenvalue weighted by atomic mass is 9.88. The highest BCUT2D eigenvalue weighted by Crippen LogP contribution is 2.52. The molecule has 0 saturated heterocycles. The number of hydrogen-bond donors (Lipinski definition) is 1. The number of ether oxygens (including phenoxy) is 2. The molecular weight excluding hydrogens is 486 g/mol. The molecule has 1 aromatic carbocycles. The summed E-state index contributed by atoms with van der Waals surface area (Å²) in [4.78, 5) is 42.0. The number of fused-ring (bicyclic) bond motifs is 1. The van der Waals surface area contributed by atoms with Crippen molar-refractivity contribution in [3.05, 3.63) is 75.8 Å². The van der Waals surface area contributed by atoms with Gasteiger partial charge >= 0.3 is 6.29 Å². The standard InChI is InChI=1S/C26H20F2N4O5/c1-15-2-5-18(31-24(15)16-3-7-23(35)32(12-16)13-22(34)30-14-29)11-21(33)25(8-9-25)17-4-6-19-20(10-17)37-26(27,28)36-19/h2-7,10,12H,8-9,11,13H2,1H3,(H,30,34). The van der Waals surface area contributed by atoms with Gasteiger partial charge in [0.2, 0.25) is 0 Å². The van der Waals surface area contributed by atoms with Crippen LogP contribution in [0, 0.1) is 18.4 Å². The van der Waals surface area contributed by atoms with E-state index in [1.165, 1.54) is 35.2 Å². The van der Waals surface area contributed by atoms with E-state index >= 15 is 0 Å². The molecule has 2 aliphatic rings. The highest BCUT2D eigenvalue weighted by Gasteiger charge is 2.52. The molecule has 1 amide bonds. The van der Waals surface area contributed by atoms with Crippen molar-refractivity contribution in [2.75, 3.05) is 0 Å². The van der Waals surface area contributed by atoms with E-state index in [0.717, 1.165) is 5.56 Å². The van der Waals surface area contributed by atoms with E-state index in [2.05, 4.69) is 14.5 Å². The van der Waals surface area contributed by atoms with Crippen LogP contribution in [0.3, 0.4) is 0 Å². The predicted molar refractivity (Wildman–Crippen MR) is 125 cm³/mol. The van der Waals surface area contributed by atoms with Crippen LogP contribution in [0.4, 0.5) is 8.78 Å². The van der Waals surface area contributed by atoms with Crippen molar-refractivity contribution in [3.63, 3.8) is 0 Å². The first-order valence-corrected chi connectivity index (χ1v) is 11.4. The SMILES string of the molecule is Cc1ccc(CC(=O)C2(c3ccc4c(c3)OC(F)(F)O4)CC2)nc1-c1ccc(=O)n(CC(=O)NC#N)c1. The number of nitrogens with zero attached hydrogens (tertiary/aromatic N) is 3. The zero-order valence-corrected chi connectivity index (χ0v) is 19.6. The van der Waals surface area contributed by atoms with Crippen molar-refractivity contribution >= 4 is 11.7 Å². The van der Waals surface area contributed by atoms with Crippen LogP contribution in [0.1, 0.15) is 29.7 Å². The quantitative estimate of drug-likeness (QED) is 0.386. The van der Waals surface area contributed by atoms with Gasteiger partial charge in [0.1, 0.15) is 12.3 Å². The second-order valence-electron chi connectivity index (χ2n) is 9.02. The number of alkyl halides is 2. The average molecular weight is 506 g/mol. The summed E-state index contributed by atoms with van der Waals surface area (Å²) in [7, 11) is 0. The number of Topliss-reactive ketones (excluding diaryl/α,β-unsaturated/α-hetero) is 1. The number of rotatable bonds is 7. The number of ketones is 1. The number of carbonyl (C=O) groups excluding carboxylic acids is 2. The van der Waals surface area contributed by atoms with Gasteiger partial charge in [-0.2, -0.15) is 5.26 Å².